The van der Waals surface area contributed by atoms with Crippen molar-refractivity contribution in [2.24, 2.45) is 0 Å². The van der Waals surface area contributed by atoms with E-state index in [1.807, 2.05) is 39.0 Å². The molecule has 1 atom stereocenters. The van der Waals surface area contributed by atoms with Crippen molar-refractivity contribution in [2.45, 2.75) is 64.4 Å². The molecule has 7 nitrogen and oxygen atoms in total. The van der Waals surface area contributed by atoms with Gasteiger partial charge in [0.05, 0.1) is 17.8 Å². The fraction of sp³-hybridized carbons (Fsp3) is 0.667. The van der Waals surface area contributed by atoms with Crippen LogP contribution in [0.5, 0.6) is 11.5 Å². The molecule has 0 aliphatic carbocycles. The molecule has 0 aromatic heterocycles. The minimum Gasteiger partial charge on any atom is -0.448 e. The third kappa shape index (κ3) is 5.12. The first-order valence-corrected chi connectivity index (χ1v) is 10.1. The van der Waals surface area contributed by atoms with Gasteiger partial charge >= 0.3 is 7.12 Å². The second kappa shape index (κ2) is 9.47. The van der Waals surface area contributed by atoms with E-state index in [0.717, 1.165) is 29.9 Å². The van der Waals surface area contributed by atoms with Crippen LogP contribution in [0.4, 0.5) is 0 Å². The van der Waals surface area contributed by atoms with Gasteiger partial charge in [0, 0.05) is 26.0 Å². The summed E-state index contributed by atoms with van der Waals surface area (Å²) in [5.41, 5.74) is 0.190. The Kier molecular flexibility index (Phi) is 7.73. The van der Waals surface area contributed by atoms with E-state index >= 15 is 0 Å². The zero-order valence-electron chi connectivity index (χ0n) is 18.5. The molecule has 2 aliphatic heterocycles. The smallest absolute Gasteiger partial charge is 0.448 e. The topological polar surface area (TPSA) is 75.3 Å². The zero-order valence-corrected chi connectivity index (χ0v) is 18.5. The highest BCUT2D eigenvalue weighted by atomic mass is 16.7. The van der Waals surface area contributed by atoms with Gasteiger partial charge in [0.1, 0.15) is 6.79 Å². The summed E-state index contributed by atoms with van der Waals surface area (Å²) in [5, 5.41) is 3.17. The second-order valence-electron chi connectivity index (χ2n) is 8.21. The van der Waals surface area contributed by atoms with Gasteiger partial charge in [-0.1, -0.05) is 6.07 Å². The lowest BCUT2D eigenvalue weighted by atomic mass is 9.79. The standard InChI is InChI=1S/C20H32BNO5.CH2O/c1-7-23-13-11-20(10-12-22-6)24-16-9-8-15(14-17(16)25-20)21-26-18(2,3)19(4,5)27-21;1-2/h8-9,14,22H,7,10-13H2,1-6H3;1H2. The lowest BCUT2D eigenvalue weighted by molar-refractivity contribution is -0.104. The van der Waals surface area contributed by atoms with Crippen molar-refractivity contribution in [3.05, 3.63) is 18.2 Å². The molecule has 0 bridgehead atoms. The lowest BCUT2D eigenvalue weighted by Gasteiger charge is -2.32. The molecule has 1 fully saturated rings. The molecule has 0 saturated carbocycles. The molecular weight excluding hydrogens is 373 g/mol. The second-order valence-corrected chi connectivity index (χ2v) is 8.21. The Bertz CT molecular complexity index is 667. The van der Waals surface area contributed by atoms with Gasteiger partial charge in [0.25, 0.3) is 5.79 Å². The zero-order chi connectivity index (χ0) is 21.7. The summed E-state index contributed by atoms with van der Waals surface area (Å²) in [6.45, 7) is 14.3. The van der Waals surface area contributed by atoms with Crippen molar-refractivity contribution in [2.75, 3.05) is 26.8 Å². The molecule has 0 radical (unpaired) electrons. The van der Waals surface area contributed by atoms with Gasteiger partial charge in [-0.25, -0.2) is 0 Å². The third-order valence-corrected chi connectivity index (χ3v) is 5.67. The van der Waals surface area contributed by atoms with Crippen molar-refractivity contribution in [3.63, 3.8) is 0 Å². The average Bonchev–Trinajstić information content (AvgIpc) is 3.15. The summed E-state index contributed by atoms with van der Waals surface area (Å²) < 4.78 is 30.4. The number of hydrogen-bond acceptors (Lipinski definition) is 7. The van der Waals surface area contributed by atoms with E-state index < -0.39 is 12.9 Å². The maximum absolute atomic E-state index is 8.00. The third-order valence-electron chi connectivity index (χ3n) is 5.67. The highest BCUT2D eigenvalue weighted by molar-refractivity contribution is 6.62. The molecule has 0 amide bonds. The minimum absolute atomic E-state index is 0.373. The molecule has 1 saturated heterocycles. The Labute approximate surface area is 174 Å². The quantitative estimate of drug-likeness (QED) is 0.524. The van der Waals surface area contributed by atoms with Crippen LogP contribution in [-0.4, -0.2) is 57.7 Å². The molecule has 1 unspecified atom stereocenters. The number of fused-ring (bicyclic) bond motifs is 1. The first kappa shape index (κ1) is 23.7. The molecule has 8 heteroatoms. The Hall–Kier alpha value is -1.61. The van der Waals surface area contributed by atoms with Crippen LogP contribution in [0.25, 0.3) is 0 Å². The van der Waals surface area contributed by atoms with Crippen molar-refractivity contribution >= 4 is 19.4 Å². The Morgan fingerprint density at radius 1 is 1.03 bits per heavy atom. The highest BCUT2D eigenvalue weighted by Gasteiger charge is 2.52. The number of carbonyl (C=O) groups excluding carboxylic acids is 1. The first-order valence-electron chi connectivity index (χ1n) is 10.1. The SMILES string of the molecule is C=O.CCOCCC1(CCNC)Oc2ccc(B3OC(C)(C)C(C)(C)O3)cc2O1. The van der Waals surface area contributed by atoms with Crippen LogP contribution in [0.15, 0.2) is 18.2 Å². The predicted molar refractivity (Wildman–Crippen MR) is 113 cm³/mol. The number of hydrogen-bond donors (Lipinski definition) is 1. The van der Waals surface area contributed by atoms with E-state index in [0.29, 0.717) is 19.6 Å². The Balaban J connectivity index is 0.00000145. The largest absolute Gasteiger partial charge is 0.494 e. The summed E-state index contributed by atoms with van der Waals surface area (Å²) in [6, 6.07) is 5.90. The van der Waals surface area contributed by atoms with Gasteiger partial charge < -0.3 is 33.6 Å². The fourth-order valence-corrected chi connectivity index (χ4v) is 3.25. The highest BCUT2D eigenvalue weighted by Crippen LogP contribution is 2.42. The number of rotatable bonds is 8. The van der Waals surface area contributed by atoms with Crippen molar-refractivity contribution < 1.29 is 28.3 Å². The summed E-state index contributed by atoms with van der Waals surface area (Å²) in [5.74, 6) is 0.785. The maximum atomic E-state index is 8.00. The van der Waals surface area contributed by atoms with Gasteiger partial charge in [-0.15, -0.1) is 0 Å². The summed E-state index contributed by atoms with van der Waals surface area (Å²) in [4.78, 5) is 8.00. The number of nitrogens with one attached hydrogen (secondary N) is 1. The summed E-state index contributed by atoms with van der Waals surface area (Å²) in [7, 11) is 1.51. The van der Waals surface area contributed by atoms with Gasteiger partial charge in [0.2, 0.25) is 0 Å². The van der Waals surface area contributed by atoms with Crippen LogP contribution in [0.1, 0.15) is 47.5 Å². The van der Waals surface area contributed by atoms with E-state index in [4.69, 9.17) is 28.3 Å². The normalized spacial score (nSPS) is 23.6. The lowest BCUT2D eigenvalue weighted by Crippen LogP contribution is -2.42. The minimum atomic E-state index is -0.699. The van der Waals surface area contributed by atoms with E-state index in [-0.39, 0.29) is 11.2 Å². The van der Waals surface area contributed by atoms with E-state index in [9.17, 15) is 0 Å². The molecule has 1 N–H and O–H groups in total. The molecule has 3 rings (SSSR count). The molecule has 29 heavy (non-hydrogen) atoms. The van der Waals surface area contributed by atoms with Crippen LogP contribution in [0.3, 0.4) is 0 Å². The van der Waals surface area contributed by atoms with Gasteiger partial charge in [0.15, 0.2) is 11.5 Å². The van der Waals surface area contributed by atoms with Crippen molar-refractivity contribution in [1.29, 1.82) is 0 Å². The maximum Gasteiger partial charge on any atom is 0.494 e. The molecule has 2 heterocycles. The van der Waals surface area contributed by atoms with E-state index in [1.54, 1.807) is 0 Å². The van der Waals surface area contributed by atoms with Crippen LogP contribution in [0, 0.1) is 0 Å². The monoisotopic (exact) mass is 407 g/mol. The van der Waals surface area contributed by atoms with Crippen LogP contribution < -0.4 is 20.3 Å². The van der Waals surface area contributed by atoms with Gasteiger partial charge in [-0.05, 0) is 59.3 Å². The molecule has 162 valence electrons. The number of benzene rings is 1. The first-order chi connectivity index (χ1) is 13.7. The number of ether oxygens (including phenoxy) is 3. The predicted octanol–water partition coefficient (Wildman–Crippen LogP) is 2.30. The molecule has 0 spiro atoms. The fourth-order valence-electron chi connectivity index (χ4n) is 3.25. The van der Waals surface area contributed by atoms with E-state index in [2.05, 4.69) is 33.0 Å². The van der Waals surface area contributed by atoms with Gasteiger partial charge in [-0.2, -0.15) is 0 Å². The number of carbonyl (C=O) groups is 1. The summed E-state index contributed by atoms with van der Waals surface area (Å²) in [6.07, 6.45) is 1.40. The average molecular weight is 407 g/mol. The summed E-state index contributed by atoms with van der Waals surface area (Å²) >= 11 is 0. The molecule has 2 aliphatic rings. The molecule has 1 aromatic rings. The van der Waals surface area contributed by atoms with Crippen LogP contribution in [-0.2, 0) is 18.8 Å². The Morgan fingerprint density at radius 3 is 2.24 bits per heavy atom. The Morgan fingerprint density at radius 2 is 1.66 bits per heavy atom. The van der Waals surface area contributed by atoms with Gasteiger partial charge in [-0.3, -0.25) is 0 Å². The van der Waals surface area contributed by atoms with Crippen LogP contribution >= 0.6 is 0 Å². The molecule has 1 aromatic carbocycles. The van der Waals surface area contributed by atoms with Crippen molar-refractivity contribution in [3.8, 4) is 11.5 Å². The molecular formula is C21H34BNO6. The van der Waals surface area contributed by atoms with E-state index in [1.165, 1.54) is 0 Å². The van der Waals surface area contributed by atoms with Crippen LogP contribution in [0.2, 0.25) is 0 Å². The van der Waals surface area contributed by atoms with Crippen molar-refractivity contribution in [1.82, 2.24) is 5.32 Å².